The van der Waals surface area contributed by atoms with E-state index in [0.717, 1.165) is 30.7 Å². The van der Waals surface area contributed by atoms with Crippen molar-refractivity contribution >= 4 is 5.57 Å². The molecule has 1 aromatic carbocycles. The Morgan fingerprint density at radius 3 is 1.75 bits per heavy atom. The summed E-state index contributed by atoms with van der Waals surface area (Å²) in [6, 6.07) is 22.6. The lowest BCUT2D eigenvalue weighted by Crippen LogP contribution is -3.00. The first-order chi connectivity index (χ1) is 21.7. The standard InChI is InChI=1S/C40H51N4.2BrH.2HI/c1-3-5-7-9-25-42-26-17-38(18-27-42)39-19-28-43(29-20-39)33-35-11-13-36(14-12-35)34-44(30-10-8-6-4-2)31-21-40(22-32-44)37-15-23-41-24-16-37;;;;/h11-24,26-29,31H,3-10,25,30,32-34H2,1-2H3;4*1H/q+3;;;;/p-3. The number of nitrogens with zero attached hydrogens (tertiary/aromatic N) is 3. The fourth-order valence-corrected chi connectivity index (χ4v) is 6.26. The first-order valence-corrected chi connectivity index (χ1v) is 16.9. The van der Waals surface area contributed by atoms with Crippen molar-refractivity contribution in [2.24, 2.45) is 0 Å². The van der Waals surface area contributed by atoms with E-state index in [2.05, 4.69) is 132 Å². The van der Waals surface area contributed by atoms with E-state index >= 15 is 0 Å². The molecule has 48 heavy (non-hydrogen) atoms. The van der Waals surface area contributed by atoms with Gasteiger partial charge >= 0.3 is 0 Å². The Balaban J connectivity index is 0.00000288. The molecule has 0 fully saturated rings. The molecule has 0 aliphatic carbocycles. The van der Waals surface area contributed by atoms with Gasteiger partial charge in [-0.25, -0.2) is 14.1 Å². The van der Waals surface area contributed by atoms with E-state index in [4.69, 9.17) is 0 Å². The lowest BCUT2D eigenvalue weighted by Gasteiger charge is -2.36. The summed E-state index contributed by atoms with van der Waals surface area (Å²) < 4.78 is 5.58. The van der Waals surface area contributed by atoms with Crippen molar-refractivity contribution in [2.45, 2.75) is 84.8 Å². The van der Waals surface area contributed by atoms with E-state index < -0.39 is 0 Å². The molecule has 0 saturated carbocycles. The van der Waals surface area contributed by atoms with Gasteiger partial charge in [-0.05, 0) is 53.7 Å². The van der Waals surface area contributed by atoms with Crippen LogP contribution in [0, 0.1) is 0 Å². The highest BCUT2D eigenvalue weighted by molar-refractivity contribution is 5.73. The van der Waals surface area contributed by atoms with Crippen LogP contribution in [0.1, 0.15) is 81.9 Å². The molecule has 4 nitrogen and oxygen atoms in total. The molecule has 1 aliphatic heterocycles. The Morgan fingerprint density at radius 1 is 0.625 bits per heavy atom. The molecule has 3 aromatic heterocycles. The SMILES string of the molecule is CCCCCC[n+]1ccc(-c2cc[n+](Cc3ccc(C[N+]4(CCCCCC)C=CC(c5cc[nH+]cc5)=CC4)cc3)cc2)cc1.[Br-].[Br-].[I-].[I-]. The monoisotopic (exact) mass is 1000 g/mol. The number of nitrogens with one attached hydrogen (secondary N) is 1. The number of halogens is 4. The van der Waals surface area contributed by atoms with Crippen LogP contribution in [0.2, 0.25) is 0 Å². The summed E-state index contributed by atoms with van der Waals surface area (Å²) >= 11 is 0. The minimum Gasteiger partial charge on any atom is -1.00 e. The Hall–Kier alpha value is -1.47. The van der Waals surface area contributed by atoms with Crippen molar-refractivity contribution in [2.75, 3.05) is 13.1 Å². The van der Waals surface area contributed by atoms with Gasteiger partial charge < -0.3 is 81.9 Å². The number of pyridine rings is 3. The summed E-state index contributed by atoms with van der Waals surface area (Å²) in [4.78, 5) is 3.14. The topological polar surface area (TPSA) is 21.9 Å². The molecule has 5 rings (SSSR count). The molecule has 1 N–H and O–H groups in total. The Morgan fingerprint density at radius 2 is 1.19 bits per heavy atom. The van der Waals surface area contributed by atoms with Gasteiger partial charge in [-0.3, -0.25) is 4.48 Å². The highest BCUT2D eigenvalue weighted by atomic mass is 127. The number of rotatable bonds is 16. The van der Waals surface area contributed by atoms with Crippen molar-refractivity contribution in [1.82, 2.24) is 0 Å². The summed E-state index contributed by atoms with van der Waals surface area (Å²) in [5.74, 6) is 0. The molecule has 1 aliphatic rings. The van der Waals surface area contributed by atoms with Gasteiger partial charge in [-0.15, -0.1) is 0 Å². The molecule has 8 heteroatoms. The number of allylic oxidation sites excluding steroid dienone is 2. The normalized spacial score (nSPS) is 14.8. The maximum Gasteiger partial charge on any atom is 0.173 e. The predicted molar refractivity (Wildman–Crippen MR) is 180 cm³/mol. The molecule has 4 heterocycles. The van der Waals surface area contributed by atoms with E-state index in [1.165, 1.54) is 91.3 Å². The number of unbranched alkanes of at least 4 members (excludes halogenated alkanes) is 6. The Bertz CT molecular complexity index is 1500. The summed E-state index contributed by atoms with van der Waals surface area (Å²) in [5.41, 5.74) is 7.89. The second-order valence-corrected chi connectivity index (χ2v) is 12.6. The predicted octanol–water partition coefficient (Wildman–Crippen LogP) is -4.10. The second kappa shape index (κ2) is 23.8. The van der Waals surface area contributed by atoms with Gasteiger partial charge in [-0.1, -0.05) is 63.8 Å². The number of aromatic nitrogens is 3. The average molecular weight is 1000 g/mol. The van der Waals surface area contributed by atoms with Crippen LogP contribution in [0.3, 0.4) is 0 Å². The molecule has 0 spiro atoms. The molecule has 4 aromatic rings. The zero-order valence-electron chi connectivity index (χ0n) is 28.5. The summed E-state index contributed by atoms with van der Waals surface area (Å²) in [5, 5.41) is 0. The van der Waals surface area contributed by atoms with Crippen molar-refractivity contribution in [3.63, 3.8) is 0 Å². The van der Waals surface area contributed by atoms with Gasteiger partial charge in [0.2, 0.25) is 0 Å². The minimum atomic E-state index is 0. The smallest absolute Gasteiger partial charge is 0.173 e. The zero-order chi connectivity index (χ0) is 30.5. The van der Waals surface area contributed by atoms with Gasteiger partial charge in [0.25, 0.3) is 0 Å². The molecular formula is C40H52Br2I2N4. The number of hydrogen-bond acceptors (Lipinski definition) is 0. The molecular weight excluding hydrogens is 950 g/mol. The quantitative estimate of drug-likeness (QED) is 0.0473. The van der Waals surface area contributed by atoms with E-state index in [1.807, 2.05) is 12.4 Å². The fourth-order valence-electron chi connectivity index (χ4n) is 6.26. The minimum absolute atomic E-state index is 0. The van der Waals surface area contributed by atoms with Crippen molar-refractivity contribution in [3.05, 3.63) is 133 Å². The van der Waals surface area contributed by atoms with Crippen LogP contribution < -0.4 is 96.0 Å². The van der Waals surface area contributed by atoms with Gasteiger partial charge in [0.1, 0.15) is 19.6 Å². The molecule has 1 atom stereocenters. The van der Waals surface area contributed by atoms with E-state index in [0.29, 0.717) is 0 Å². The van der Waals surface area contributed by atoms with Gasteiger partial charge in [0.15, 0.2) is 43.7 Å². The maximum atomic E-state index is 3.14. The van der Waals surface area contributed by atoms with Crippen molar-refractivity contribution in [1.29, 1.82) is 0 Å². The van der Waals surface area contributed by atoms with Crippen molar-refractivity contribution in [3.8, 4) is 11.1 Å². The third-order valence-electron chi connectivity index (χ3n) is 9.02. The largest absolute Gasteiger partial charge is 1.00 e. The van der Waals surface area contributed by atoms with Gasteiger partial charge in [-0.2, -0.15) is 0 Å². The first-order valence-electron chi connectivity index (χ1n) is 16.9. The molecule has 260 valence electrons. The number of aromatic amines is 1. The maximum absolute atomic E-state index is 3.14. The highest BCUT2D eigenvalue weighted by Crippen LogP contribution is 2.27. The van der Waals surface area contributed by atoms with E-state index in [-0.39, 0.29) is 81.9 Å². The number of benzene rings is 1. The molecule has 1 unspecified atom stereocenters. The van der Waals surface area contributed by atoms with Crippen LogP contribution in [0.15, 0.2) is 116 Å². The third kappa shape index (κ3) is 13.7. The molecule has 0 bridgehead atoms. The van der Waals surface area contributed by atoms with Crippen LogP contribution in [0.4, 0.5) is 0 Å². The molecule has 0 radical (unpaired) electrons. The molecule has 0 amide bonds. The lowest BCUT2D eigenvalue weighted by molar-refractivity contribution is -0.888. The van der Waals surface area contributed by atoms with E-state index in [9.17, 15) is 0 Å². The van der Waals surface area contributed by atoms with Gasteiger partial charge in [0, 0.05) is 53.9 Å². The van der Waals surface area contributed by atoms with Crippen LogP contribution in [0.5, 0.6) is 0 Å². The average Bonchev–Trinajstić information content (AvgIpc) is 3.08. The lowest BCUT2D eigenvalue weighted by atomic mass is 10.0. The number of hydrogen-bond donors (Lipinski definition) is 0. The number of H-pyrrole nitrogens is 1. The van der Waals surface area contributed by atoms with E-state index in [1.54, 1.807) is 0 Å². The highest BCUT2D eigenvalue weighted by Gasteiger charge is 2.27. The van der Waals surface area contributed by atoms with Crippen LogP contribution in [0.25, 0.3) is 16.7 Å². The second-order valence-electron chi connectivity index (χ2n) is 12.6. The Kier molecular flexibility index (Phi) is 22.1. The van der Waals surface area contributed by atoms with Crippen molar-refractivity contribution < 1.29 is 101 Å². The number of aryl methyl sites for hydroxylation is 1. The first kappa shape index (κ1) is 44.6. The zero-order valence-corrected chi connectivity index (χ0v) is 36.0. The fraction of sp³-hybridized carbons (Fsp3) is 0.375. The van der Waals surface area contributed by atoms with Crippen LogP contribution in [-0.4, -0.2) is 17.6 Å². The van der Waals surface area contributed by atoms with Crippen LogP contribution >= 0.6 is 0 Å². The van der Waals surface area contributed by atoms with Gasteiger partial charge in [0.05, 0.1) is 12.7 Å². The summed E-state index contributed by atoms with van der Waals surface area (Å²) in [7, 11) is 0. The summed E-state index contributed by atoms with van der Waals surface area (Å²) in [6.45, 7) is 9.81. The summed E-state index contributed by atoms with van der Waals surface area (Å²) in [6.07, 6.45) is 30.5. The number of quaternary nitrogens is 1. The Labute approximate surface area is 345 Å². The molecule has 0 saturated heterocycles. The third-order valence-corrected chi connectivity index (χ3v) is 9.02. The van der Waals surface area contributed by atoms with Crippen LogP contribution in [-0.2, 0) is 19.6 Å².